The molecular formula is C16H14N2. The molecule has 0 aliphatic carbocycles. The average molecular weight is 234 g/mol. The maximum atomic E-state index is 4.46. The van der Waals surface area contributed by atoms with Gasteiger partial charge < -0.3 is 0 Å². The van der Waals surface area contributed by atoms with Crippen LogP contribution in [0.4, 0.5) is 0 Å². The van der Waals surface area contributed by atoms with Crippen LogP contribution in [-0.2, 0) is 0 Å². The lowest BCUT2D eigenvalue weighted by molar-refractivity contribution is 1.05. The molecule has 0 atom stereocenters. The lowest BCUT2D eigenvalue weighted by atomic mass is 10.0. The summed E-state index contributed by atoms with van der Waals surface area (Å²) in [6.45, 7) is 3.96. The minimum Gasteiger partial charge on any atom is -0.238 e. The van der Waals surface area contributed by atoms with Gasteiger partial charge in [0.05, 0.1) is 5.52 Å². The first-order chi connectivity index (χ1) is 8.74. The van der Waals surface area contributed by atoms with E-state index in [4.69, 9.17) is 0 Å². The first kappa shape index (κ1) is 10.9. The van der Waals surface area contributed by atoms with E-state index in [1.54, 1.807) is 0 Å². The van der Waals surface area contributed by atoms with Crippen molar-refractivity contribution in [3.63, 3.8) is 0 Å². The summed E-state index contributed by atoms with van der Waals surface area (Å²) >= 11 is 0. The van der Waals surface area contributed by atoms with Gasteiger partial charge >= 0.3 is 0 Å². The Morgan fingerprint density at radius 2 is 1.56 bits per heavy atom. The summed E-state index contributed by atoms with van der Waals surface area (Å²) in [5, 5.41) is 1.13. The smallest absolute Gasteiger partial charge is 0.126 e. The van der Waals surface area contributed by atoms with Gasteiger partial charge in [0.25, 0.3) is 0 Å². The number of nitrogens with zero attached hydrogens (tertiary/aromatic N) is 2. The molecule has 0 saturated carbocycles. The normalized spacial score (nSPS) is 10.8. The van der Waals surface area contributed by atoms with Crippen molar-refractivity contribution in [2.45, 2.75) is 13.8 Å². The third kappa shape index (κ3) is 1.86. The van der Waals surface area contributed by atoms with Gasteiger partial charge in [-0.3, -0.25) is 0 Å². The molecule has 0 amide bonds. The molecule has 2 aromatic carbocycles. The van der Waals surface area contributed by atoms with E-state index in [0.29, 0.717) is 0 Å². The highest BCUT2D eigenvalue weighted by Gasteiger charge is 2.04. The first-order valence-corrected chi connectivity index (χ1v) is 6.04. The molecule has 2 nitrogen and oxygen atoms in total. The molecule has 0 aliphatic heterocycles. The van der Waals surface area contributed by atoms with Crippen LogP contribution >= 0.6 is 0 Å². The standard InChI is InChI=1S/C16H14N2/c1-11-15-10-14(13-6-4-3-5-7-13)8-9-16(15)18-12(2)17-11/h3-10H,1-2H3. The van der Waals surface area contributed by atoms with Crippen LogP contribution < -0.4 is 0 Å². The largest absolute Gasteiger partial charge is 0.238 e. The Kier molecular flexibility index (Phi) is 2.56. The Bertz CT molecular complexity index is 703. The fraction of sp³-hybridized carbons (Fsp3) is 0.125. The van der Waals surface area contributed by atoms with E-state index in [-0.39, 0.29) is 0 Å². The molecule has 3 aromatic rings. The quantitative estimate of drug-likeness (QED) is 0.638. The van der Waals surface area contributed by atoms with Crippen molar-refractivity contribution in [3.05, 3.63) is 60.0 Å². The summed E-state index contributed by atoms with van der Waals surface area (Å²) in [7, 11) is 0. The Labute approximate surface area is 106 Å². The molecule has 1 aromatic heterocycles. The monoisotopic (exact) mass is 234 g/mol. The summed E-state index contributed by atoms with van der Waals surface area (Å²) in [5.74, 6) is 0.826. The van der Waals surface area contributed by atoms with Gasteiger partial charge in [-0.15, -0.1) is 0 Å². The SMILES string of the molecule is Cc1nc(C)c2cc(-c3ccccc3)ccc2n1. The number of hydrogen-bond donors (Lipinski definition) is 0. The van der Waals surface area contributed by atoms with Gasteiger partial charge in [0, 0.05) is 11.1 Å². The summed E-state index contributed by atoms with van der Waals surface area (Å²) in [6.07, 6.45) is 0. The van der Waals surface area contributed by atoms with E-state index in [0.717, 1.165) is 22.4 Å². The number of benzene rings is 2. The minimum absolute atomic E-state index is 0.826. The highest BCUT2D eigenvalue weighted by Crippen LogP contribution is 2.24. The number of aromatic nitrogens is 2. The van der Waals surface area contributed by atoms with E-state index in [1.165, 1.54) is 11.1 Å². The number of fused-ring (bicyclic) bond motifs is 1. The van der Waals surface area contributed by atoms with Crippen molar-refractivity contribution in [3.8, 4) is 11.1 Å². The van der Waals surface area contributed by atoms with Crippen molar-refractivity contribution in [1.82, 2.24) is 9.97 Å². The molecule has 3 rings (SSSR count). The van der Waals surface area contributed by atoms with Crippen molar-refractivity contribution >= 4 is 10.9 Å². The molecule has 2 heteroatoms. The van der Waals surface area contributed by atoms with Crippen LogP contribution in [0.3, 0.4) is 0 Å². The van der Waals surface area contributed by atoms with Crippen molar-refractivity contribution in [2.24, 2.45) is 0 Å². The van der Waals surface area contributed by atoms with Crippen molar-refractivity contribution in [2.75, 3.05) is 0 Å². The Balaban J connectivity index is 2.23. The molecule has 88 valence electrons. The number of rotatable bonds is 1. The van der Waals surface area contributed by atoms with E-state index in [1.807, 2.05) is 19.9 Å². The van der Waals surface area contributed by atoms with E-state index in [2.05, 4.69) is 52.4 Å². The van der Waals surface area contributed by atoms with E-state index in [9.17, 15) is 0 Å². The van der Waals surface area contributed by atoms with Crippen molar-refractivity contribution < 1.29 is 0 Å². The van der Waals surface area contributed by atoms with E-state index >= 15 is 0 Å². The Morgan fingerprint density at radius 1 is 0.778 bits per heavy atom. The molecule has 0 aliphatic rings. The number of hydrogen-bond acceptors (Lipinski definition) is 2. The molecule has 0 spiro atoms. The highest BCUT2D eigenvalue weighted by atomic mass is 14.9. The van der Waals surface area contributed by atoms with Crippen LogP contribution in [0, 0.1) is 13.8 Å². The van der Waals surface area contributed by atoms with Gasteiger partial charge in [-0.25, -0.2) is 9.97 Å². The fourth-order valence-corrected chi connectivity index (χ4v) is 2.24. The lowest BCUT2D eigenvalue weighted by Gasteiger charge is -2.06. The molecule has 18 heavy (non-hydrogen) atoms. The summed E-state index contributed by atoms with van der Waals surface area (Å²) in [5.41, 5.74) is 4.48. The third-order valence-corrected chi connectivity index (χ3v) is 3.11. The summed E-state index contributed by atoms with van der Waals surface area (Å²) in [4.78, 5) is 8.89. The van der Waals surface area contributed by atoms with Gasteiger partial charge in [0.2, 0.25) is 0 Å². The molecule has 1 heterocycles. The van der Waals surface area contributed by atoms with Gasteiger partial charge in [-0.1, -0.05) is 36.4 Å². The zero-order valence-corrected chi connectivity index (χ0v) is 10.5. The lowest BCUT2D eigenvalue weighted by Crippen LogP contribution is -1.93. The van der Waals surface area contributed by atoms with Crippen LogP contribution in [0.2, 0.25) is 0 Å². The Morgan fingerprint density at radius 3 is 2.33 bits per heavy atom. The molecule has 0 unspecified atom stereocenters. The van der Waals surface area contributed by atoms with Gasteiger partial charge in [-0.2, -0.15) is 0 Å². The molecule has 0 radical (unpaired) electrons. The van der Waals surface area contributed by atoms with Crippen LogP contribution in [0.5, 0.6) is 0 Å². The van der Waals surface area contributed by atoms with Crippen LogP contribution in [0.25, 0.3) is 22.0 Å². The van der Waals surface area contributed by atoms with Gasteiger partial charge in [-0.05, 0) is 37.1 Å². The molecule has 0 N–H and O–H groups in total. The second-order valence-corrected chi connectivity index (χ2v) is 4.45. The highest BCUT2D eigenvalue weighted by molar-refractivity contribution is 5.86. The third-order valence-electron chi connectivity index (χ3n) is 3.11. The second kappa shape index (κ2) is 4.22. The fourth-order valence-electron chi connectivity index (χ4n) is 2.24. The molecule has 0 bridgehead atoms. The minimum atomic E-state index is 0.826. The first-order valence-electron chi connectivity index (χ1n) is 6.04. The van der Waals surface area contributed by atoms with Crippen molar-refractivity contribution in [1.29, 1.82) is 0 Å². The summed E-state index contributed by atoms with van der Waals surface area (Å²) < 4.78 is 0. The van der Waals surface area contributed by atoms with Crippen LogP contribution in [0.1, 0.15) is 11.5 Å². The predicted octanol–water partition coefficient (Wildman–Crippen LogP) is 3.91. The maximum Gasteiger partial charge on any atom is 0.126 e. The Hall–Kier alpha value is -2.22. The molecule has 0 fully saturated rings. The second-order valence-electron chi connectivity index (χ2n) is 4.45. The van der Waals surface area contributed by atoms with E-state index < -0.39 is 0 Å². The van der Waals surface area contributed by atoms with Gasteiger partial charge in [0.15, 0.2) is 0 Å². The zero-order chi connectivity index (χ0) is 12.5. The van der Waals surface area contributed by atoms with Crippen LogP contribution in [-0.4, -0.2) is 9.97 Å². The maximum absolute atomic E-state index is 4.46. The molecular weight excluding hydrogens is 220 g/mol. The van der Waals surface area contributed by atoms with Gasteiger partial charge in [0.1, 0.15) is 5.82 Å². The zero-order valence-electron chi connectivity index (χ0n) is 10.5. The summed E-state index contributed by atoms with van der Waals surface area (Å²) in [6, 6.07) is 16.7. The average Bonchev–Trinajstić information content (AvgIpc) is 2.39. The predicted molar refractivity (Wildman–Crippen MR) is 74.4 cm³/mol. The number of aryl methyl sites for hydroxylation is 2. The van der Waals surface area contributed by atoms with Crippen LogP contribution in [0.15, 0.2) is 48.5 Å². The topological polar surface area (TPSA) is 25.8 Å². The molecule has 0 saturated heterocycles.